The molecule has 1 aliphatic rings. The van der Waals surface area contributed by atoms with Crippen molar-refractivity contribution in [3.8, 4) is 0 Å². The molecule has 1 N–H and O–H groups in total. The van der Waals surface area contributed by atoms with Crippen molar-refractivity contribution in [3.63, 3.8) is 0 Å². The summed E-state index contributed by atoms with van der Waals surface area (Å²) >= 11 is 0. The number of carbonyl (C=O) groups excluding carboxylic acids is 1. The lowest BCUT2D eigenvalue weighted by Crippen LogP contribution is -2.30. The summed E-state index contributed by atoms with van der Waals surface area (Å²) in [6, 6.07) is 5.95. The average Bonchev–Trinajstić information content (AvgIpc) is 3.11. The molecule has 2 aromatic rings. The van der Waals surface area contributed by atoms with E-state index in [-0.39, 0.29) is 5.91 Å². The van der Waals surface area contributed by atoms with Crippen LogP contribution in [-0.4, -0.2) is 39.8 Å². The van der Waals surface area contributed by atoms with Crippen LogP contribution >= 0.6 is 0 Å². The zero-order valence-corrected chi connectivity index (χ0v) is 11.6. The van der Waals surface area contributed by atoms with E-state index in [0.29, 0.717) is 19.5 Å². The van der Waals surface area contributed by atoms with E-state index in [1.807, 2.05) is 39.9 Å². The number of amides is 1. The van der Waals surface area contributed by atoms with Crippen molar-refractivity contribution in [1.29, 1.82) is 0 Å². The molecule has 1 fully saturated rings. The highest BCUT2D eigenvalue weighted by Gasteiger charge is 2.16. The number of pyridine rings is 1. The number of fused-ring (bicyclic) bond motifs is 1. The summed E-state index contributed by atoms with van der Waals surface area (Å²) in [4.78, 5) is 18.3. The number of aromatic nitrogens is 2. The molecule has 3 heterocycles. The Morgan fingerprint density at radius 2 is 2.15 bits per heavy atom. The molecule has 0 aliphatic carbocycles. The smallest absolute Gasteiger partial charge is 0.223 e. The van der Waals surface area contributed by atoms with E-state index in [1.165, 1.54) is 0 Å². The summed E-state index contributed by atoms with van der Waals surface area (Å²) in [6.07, 6.45) is 6.89. The maximum Gasteiger partial charge on any atom is 0.223 e. The number of nitrogens with one attached hydrogen (secondary N) is 1. The second-order valence-corrected chi connectivity index (χ2v) is 5.21. The van der Waals surface area contributed by atoms with Crippen LogP contribution in [0.2, 0.25) is 0 Å². The molecule has 0 radical (unpaired) electrons. The van der Waals surface area contributed by atoms with Crippen LogP contribution in [0, 0.1) is 0 Å². The van der Waals surface area contributed by atoms with Crippen molar-refractivity contribution in [2.24, 2.45) is 0 Å². The summed E-state index contributed by atoms with van der Waals surface area (Å²) in [5, 5.41) is 3.29. The highest BCUT2D eigenvalue weighted by atomic mass is 16.2. The molecule has 1 amide bonds. The van der Waals surface area contributed by atoms with Gasteiger partial charge in [0.05, 0.1) is 5.69 Å². The lowest BCUT2D eigenvalue weighted by atomic mass is 10.3. The first-order valence-corrected chi connectivity index (χ1v) is 7.24. The number of hydrogen-bond donors (Lipinski definition) is 1. The molecule has 0 saturated carbocycles. The van der Waals surface area contributed by atoms with Crippen LogP contribution in [0.15, 0.2) is 30.6 Å². The molecule has 0 aromatic carbocycles. The van der Waals surface area contributed by atoms with Crippen molar-refractivity contribution in [2.45, 2.75) is 25.8 Å². The van der Waals surface area contributed by atoms with Gasteiger partial charge in [0.2, 0.25) is 5.91 Å². The molecule has 106 valence electrons. The predicted octanol–water partition coefficient (Wildman–Crippen LogP) is 1.44. The van der Waals surface area contributed by atoms with Gasteiger partial charge in [0.15, 0.2) is 0 Å². The van der Waals surface area contributed by atoms with Crippen LogP contribution in [-0.2, 0) is 11.3 Å². The van der Waals surface area contributed by atoms with Crippen LogP contribution in [0.1, 0.15) is 25.0 Å². The Morgan fingerprint density at radius 1 is 1.30 bits per heavy atom. The third-order valence-electron chi connectivity index (χ3n) is 3.69. The second-order valence-electron chi connectivity index (χ2n) is 5.21. The van der Waals surface area contributed by atoms with Gasteiger partial charge in [-0.3, -0.25) is 4.79 Å². The van der Waals surface area contributed by atoms with Gasteiger partial charge in [0.1, 0.15) is 5.65 Å². The third-order valence-corrected chi connectivity index (χ3v) is 3.69. The minimum atomic E-state index is 0.269. The number of hydrogen-bond acceptors (Lipinski definition) is 3. The molecule has 20 heavy (non-hydrogen) atoms. The largest absolute Gasteiger partial charge is 0.343 e. The summed E-state index contributed by atoms with van der Waals surface area (Å²) in [7, 11) is 0. The lowest BCUT2D eigenvalue weighted by Gasteiger charge is -2.14. The minimum absolute atomic E-state index is 0.269. The molecule has 5 nitrogen and oxygen atoms in total. The van der Waals surface area contributed by atoms with Gasteiger partial charge in [0.25, 0.3) is 0 Å². The number of carbonyl (C=O) groups is 1. The standard InChI is InChI=1S/C15H20N4O/c20-15(18-8-3-4-9-18)6-7-16-11-13-12-19-10-2-1-5-14(19)17-13/h1-2,5,10,12,16H,3-4,6-9,11H2. The lowest BCUT2D eigenvalue weighted by molar-refractivity contribution is -0.130. The van der Waals surface area contributed by atoms with Gasteiger partial charge in [-0.05, 0) is 25.0 Å². The van der Waals surface area contributed by atoms with Crippen LogP contribution in [0.3, 0.4) is 0 Å². The Balaban J connectivity index is 1.44. The van der Waals surface area contributed by atoms with Crippen molar-refractivity contribution >= 4 is 11.6 Å². The second kappa shape index (κ2) is 6.05. The van der Waals surface area contributed by atoms with Crippen LogP contribution in [0.25, 0.3) is 5.65 Å². The average molecular weight is 272 g/mol. The van der Waals surface area contributed by atoms with E-state index in [0.717, 1.165) is 37.3 Å². The first kappa shape index (κ1) is 13.1. The van der Waals surface area contributed by atoms with E-state index < -0.39 is 0 Å². The topological polar surface area (TPSA) is 49.6 Å². The minimum Gasteiger partial charge on any atom is -0.343 e. The number of rotatable bonds is 5. The van der Waals surface area contributed by atoms with Gasteiger partial charge in [-0.15, -0.1) is 0 Å². The SMILES string of the molecule is O=C(CCNCc1cn2ccccc2n1)N1CCCC1. The maximum atomic E-state index is 11.9. The number of likely N-dealkylation sites (tertiary alicyclic amines) is 1. The fourth-order valence-electron chi connectivity index (χ4n) is 2.61. The first-order valence-electron chi connectivity index (χ1n) is 7.24. The Morgan fingerprint density at radius 3 is 2.95 bits per heavy atom. The summed E-state index contributed by atoms with van der Waals surface area (Å²) in [5.74, 6) is 0.269. The molecular formula is C15H20N4O. The molecule has 3 rings (SSSR count). The third kappa shape index (κ3) is 2.99. The molecule has 1 saturated heterocycles. The van der Waals surface area contributed by atoms with Crippen LogP contribution < -0.4 is 5.32 Å². The zero-order valence-electron chi connectivity index (χ0n) is 11.6. The van der Waals surface area contributed by atoms with Gasteiger partial charge < -0.3 is 14.6 Å². The van der Waals surface area contributed by atoms with Crippen molar-refractivity contribution < 1.29 is 4.79 Å². The van der Waals surface area contributed by atoms with E-state index >= 15 is 0 Å². The molecule has 0 spiro atoms. The molecule has 0 bridgehead atoms. The molecule has 0 atom stereocenters. The first-order chi connectivity index (χ1) is 9.83. The van der Waals surface area contributed by atoms with E-state index in [9.17, 15) is 4.79 Å². The van der Waals surface area contributed by atoms with Gasteiger partial charge >= 0.3 is 0 Å². The molecule has 5 heteroatoms. The van der Waals surface area contributed by atoms with Crippen LogP contribution in [0.4, 0.5) is 0 Å². The predicted molar refractivity (Wildman–Crippen MR) is 77.3 cm³/mol. The highest BCUT2D eigenvalue weighted by molar-refractivity contribution is 5.76. The Bertz CT molecular complexity index is 553. The quantitative estimate of drug-likeness (QED) is 0.838. The zero-order chi connectivity index (χ0) is 13.8. The molecule has 1 aliphatic heterocycles. The molecule has 2 aromatic heterocycles. The normalized spacial score (nSPS) is 15.1. The Kier molecular flexibility index (Phi) is 3.97. The van der Waals surface area contributed by atoms with Crippen LogP contribution in [0.5, 0.6) is 0 Å². The Hall–Kier alpha value is -1.88. The van der Waals surface area contributed by atoms with Gasteiger partial charge in [-0.1, -0.05) is 6.07 Å². The molecule has 0 unspecified atom stereocenters. The van der Waals surface area contributed by atoms with Gasteiger partial charge in [0, 0.05) is 45.0 Å². The monoisotopic (exact) mass is 272 g/mol. The van der Waals surface area contributed by atoms with Gasteiger partial charge in [-0.2, -0.15) is 0 Å². The fraction of sp³-hybridized carbons (Fsp3) is 0.467. The van der Waals surface area contributed by atoms with Gasteiger partial charge in [-0.25, -0.2) is 4.98 Å². The van der Waals surface area contributed by atoms with E-state index in [2.05, 4.69) is 10.3 Å². The Labute approximate surface area is 118 Å². The number of imidazole rings is 1. The highest BCUT2D eigenvalue weighted by Crippen LogP contribution is 2.08. The maximum absolute atomic E-state index is 11.9. The summed E-state index contributed by atoms with van der Waals surface area (Å²) < 4.78 is 2.01. The van der Waals surface area contributed by atoms with Crippen molar-refractivity contribution in [1.82, 2.24) is 19.6 Å². The molecular weight excluding hydrogens is 252 g/mol. The summed E-state index contributed by atoms with van der Waals surface area (Å²) in [5.41, 5.74) is 1.96. The van der Waals surface area contributed by atoms with E-state index in [1.54, 1.807) is 0 Å². The van der Waals surface area contributed by atoms with Crippen molar-refractivity contribution in [3.05, 3.63) is 36.3 Å². The fourth-order valence-corrected chi connectivity index (χ4v) is 2.61. The number of nitrogens with zero attached hydrogens (tertiary/aromatic N) is 3. The summed E-state index contributed by atoms with van der Waals surface area (Å²) in [6.45, 7) is 3.29. The van der Waals surface area contributed by atoms with Crippen molar-refractivity contribution in [2.75, 3.05) is 19.6 Å². The van der Waals surface area contributed by atoms with E-state index in [4.69, 9.17) is 0 Å².